The minimum absolute atomic E-state index is 0.112. The van der Waals surface area contributed by atoms with Crippen molar-refractivity contribution < 1.29 is 14.6 Å². The zero-order valence-corrected chi connectivity index (χ0v) is 9.82. The quantitative estimate of drug-likeness (QED) is 0.615. The lowest BCUT2D eigenvalue weighted by Gasteiger charge is -2.20. The molecule has 0 amide bonds. The van der Waals surface area contributed by atoms with Crippen molar-refractivity contribution in [3.63, 3.8) is 0 Å². The van der Waals surface area contributed by atoms with E-state index in [1.54, 1.807) is 0 Å². The Morgan fingerprint density at radius 3 is 1.64 bits per heavy atom. The Morgan fingerprint density at radius 2 is 1.36 bits per heavy atom. The minimum Gasteiger partial charge on any atom is -0.396 e. The number of rotatable bonds is 8. The first kappa shape index (κ1) is 13.9. The van der Waals surface area contributed by atoms with Crippen molar-refractivity contribution in [1.29, 1.82) is 0 Å². The molecule has 0 bridgehead atoms. The van der Waals surface area contributed by atoms with Crippen molar-refractivity contribution in [3.05, 3.63) is 0 Å². The zero-order chi connectivity index (χ0) is 11.0. The average Bonchev–Trinajstić information content (AvgIpc) is 2.09. The van der Waals surface area contributed by atoms with E-state index < -0.39 is 0 Å². The number of ether oxygens (including phenoxy) is 2. The molecule has 0 saturated carbocycles. The Kier molecular flexibility index (Phi) is 8.14. The van der Waals surface area contributed by atoms with E-state index in [1.807, 2.05) is 0 Å². The summed E-state index contributed by atoms with van der Waals surface area (Å²) in [5.74, 6) is 0.998. The Bertz CT molecular complexity index is 112. The van der Waals surface area contributed by atoms with Gasteiger partial charge in [0.15, 0.2) is 6.29 Å². The van der Waals surface area contributed by atoms with Crippen LogP contribution >= 0.6 is 0 Å². The third-order valence-electron chi connectivity index (χ3n) is 1.60. The highest BCUT2D eigenvalue weighted by molar-refractivity contribution is 4.49. The standard InChI is InChI=1S/C11H24O3/c1-9(2)7-13-11(5-6-12)14-8-10(3)4/h9-12H,5-8H2,1-4H3. The van der Waals surface area contributed by atoms with E-state index in [0.29, 0.717) is 31.5 Å². The molecule has 3 heteroatoms. The summed E-state index contributed by atoms with van der Waals surface area (Å²) in [6.45, 7) is 9.86. The van der Waals surface area contributed by atoms with Gasteiger partial charge in [0.1, 0.15) is 0 Å². The smallest absolute Gasteiger partial charge is 0.159 e. The fourth-order valence-electron chi connectivity index (χ4n) is 0.920. The van der Waals surface area contributed by atoms with Crippen molar-refractivity contribution in [2.24, 2.45) is 11.8 Å². The molecule has 0 aliphatic heterocycles. The van der Waals surface area contributed by atoms with Crippen LogP contribution in [0.5, 0.6) is 0 Å². The molecule has 0 unspecified atom stereocenters. The molecule has 0 aromatic carbocycles. The van der Waals surface area contributed by atoms with E-state index in [2.05, 4.69) is 27.7 Å². The van der Waals surface area contributed by atoms with Crippen LogP contribution in [-0.2, 0) is 9.47 Å². The van der Waals surface area contributed by atoms with Crippen LogP contribution in [-0.4, -0.2) is 31.2 Å². The monoisotopic (exact) mass is 204 g/mol. The van der Waals surface area contributed by atoms with Crippen molar-refractivity contribution in [2.75, 3.05) is 19.8 Å². The molecular formula is C11H24O3. The summed E-state index contributed by atoms with van der Waals surface area (Å²) >= 11 is 0. The van der Waals surface area contributed by atoms with E-state index in [9.17, 15) is 0 Å². The first-order chi connectivity index (χ1) is 6.56. The summed E-state index contributed by atoms with van der Waals surface area (Å²) < 4.78 is 11.0. The van der Waals surface area contributed by atoms with Gasteiger partial charge in [-0.15, -0.1) is 0 Å². The Balaban J connectivity index is 3.65. The number of hydrogen-bond donors (Lipinski definition) is 1. The van der Waals surface area contributed by atoms with Crippen LogP contribution < -0.4 is 0 Å². The van der Waals surface area contributed by atoms with Crippen molar-refractivity contribution >= 4 is 0 Å². The molecule has 0 radical (unpaired) electrons. The number of hydrogen-bond acceptors (Lipinski definition) is 3. The van der Waals surface area contributed by atoms with Crippen LogP contribution in [0.1, 0.15) is 34.1 Å². The van der Waals surface area contributed by atoms with Gasteiger partial charge in [-0.1, -0.05) is 27.7 Å². The maximum Gasteiger partial charge on any atom is 0.159 e. The van der Waals surface area contributed by atoms with Crippen LogP contribution in [0.3, 0.4) is 0 Å². The van der Waals surface area contributed by atoms with Crippen molar-refractivity contribution in [2.45, 2.75) is 40.4 Å². The molecule has 0 rings (SSSR count). The lowest BCUT2D eigenvalue weighted by molar-refractivity contribution is -0.160. The fourth-order valence-corrected chi connectivity index (χ4v) is 0.920. The fraction of sp³-hybridized carbons (Fsp3) is 1.00. The molecule has 86 valence electrons. The Morgan fingerprint density at radius 1 is 0.929 bits per heavy atom. The first-order valence-corrected chi connectivity index (χ1v) is 5.40. The molecule has 3 nitrogen and oxygen atoms in total. The van der Waals surface area contributed by atoms with Gasteiger partial charge in [0.25, 0.3) is 0 Å². The highest BCUT2D eigenvalue weighted by atomic mass is 16.7. The first-order valence-electron chi connectivity index (χ1n) is 5.40. The van der Waals surface area contributed by atoms with Crippen LogP contribution in [0.25, 0.3) is 0 Å². The lowest BCUT2D eigenvalue weighted by atomic mass is 10.2. The second-order valence-corrected chi connectivity index (χ2v) is 4.40. The SMILES string of the molecule is CC(C)COC(CCO)OCC(C)C. The highest BCUT2D eigenvalue weighted by Crippen LogP contribution is 2.06. The van der Waals surface area contributed by atoms with E-state index in [4.69, 9.17) is 14.6 Å². The predicted molar refractivity (Wildman–Crippen MR) is 57.1 cm³/mol. The molecule has 0 atom stereocenters. The molecule has 0 spiro atoms. The maximum absolute atomic E-state index is 8.81. The second-order valence-electron chi connectivity index (χ2n) is 4.40. The summed E-state index contributed by atoms with van der Waals surface area (Å²) in [7, 11) is 0. The van der Waals surface area contributed by atoms with E-state index in [0.717, 1.165) is 0 Å². The summed E-state index contributed by atoms with van der Waals surface area (Å²) in [6, 6.07) is 0. The minimum atomic E-state index is -0.246. The summed E-state index contributed by atoms with van der Waals surface area (Å²) in [6.07, 6.45) is 0.309. The summed E-state index contributed by atoms with van der Waals surface area (Å²) in [5, 5.41) is 8.81. The van der Waals surface area contributed by atoms with Crippen LogP contribution in [0.15, 0.2) is 0 Å². The topological polar surface area (TPSA) is 38.7 Å². The Hall–Kier alpha value is -0.120. The van der Waals surface area contributed by atoms with Crippen LogP contribution in [0, 0.1) is 11.8 Å². The summed E-state index contributed by atoms with van der Waals surface area (Å²) in [4.78, 5) is 0. The van der Waals surface area contributed by atoms with Crippen molar-refractivity contribution in [1.82, 2.24) is 0 Å². The number of aliphatic hydroxyl groups excluding tert-OH is 1. The van der Waals surface area contributed by atoms with E-state index >= 15 is 0 Å². The van der Waals surface area contributed by atoms with Gasteiger partial charge in [-0.05, 0) is 11.8 Å². The molecule has 0 aromatic rings. The molecule has 0 heterocycles. The van der Waals surface area contributed by atoms with Crippen LogP contribution in [0.4, 0.5) is 0 Å². The number of aliphatic hydroxyl groups is 1. The van der Waals surface area contributed by atoms with Gasteiger partial charge in [0, 0.05) is 13.0 Å². The lowest BCUT2D eigenvalue weighted by Crippen LogP contribution is -2.23. The highest BCUT2D eigenvalue weighted by Gasteiger charge is 2.10. The molecular weight excluding hydrogens is 180 g/mol. The Labute approximate surface area is 87.4 Å². The normalized spacial score (nSPS) is 12.0. The molecule has 1 N–H and O–H groups in total. The molecule has 0 aliphatic rings. The molecule has 14 heavy (non-hydrogen) atoms. The van der Waals surface area contributed by atoms with Crippen LogP contribution in [0.2, 0.25) is 0 Å². The van der Waals surface area contributed by atoms with Gasteiger partial charge in [0.05, 0.1) is 13.2 Å². The molecule has 0 aromatic heterocycles. The third-order valence-corrected chi connectivity index (χ3v) is 1.60. The largest absolute Gasteiger partial charge is 0.396 e. The maximum atomic E-state index is 8.81. The van der Waals surface area contributed by atoms with Gasteiger partial charge in [-0.3, -0.25) is 0 Å². The van der Waals surface area contributed by atoms with E-state index in [1.165, 1.54) is 0 Å². The predicted octanol–water partition coefficient (Wildman–Crippen LogP) is 2.04. The summed E-state index contributed by atoms with van der Waals surface area (Å²) in [5.41, 5.74) is 0. The van der Waals surface area contributed by atoms with Gasteiger partial charge >= 0.3 is 0 Å². The van der Waals surface area contributed by atoms with Gasteiger partial charge in [0.2, 0.25) is 0 Å². The van der Waals surface area contributed by atoms with E-state index in [-0.39, 0.29) is 12.9 Å². The molecule has 0 aliphatic carbocycles. The average molecular weight is 204 g/mol. The molecule has 0 saturated heterocycles. The van der Waals surface area contributed by atoms with Gasteiger partial charge in [-0.2, -0.15) is 0 Å². The third kappa shape index (κ3) is 8.48. The van der Waals surface area contributed by atoms with Crippen molar-refractivity contribution in [3.8, 4) is 0 Å². The van der Waals surface area contributed by atoms with Gasteiger partial charge < -0.3 is 14.6 Å². The second kappa shape index (κ2) is 8.21. The zero-order valence-electron chi connectivity index (χ0n) is 9.82. The van der Waals surface area contributed by atoms with Gasteiger partial charge in [-0.25, -0.2) is 0 Å². The molecule has 0 fully saturated rings.